The van der Waals surface area contributed by atoms with E-state index in [0.29, 0.717) is 24.8 Å². The fraction of sp³-hybridized carbons (Fsp3) is 1.00. The van der Waals surface area contributed by atoms with E-state index in [4.69, 9.17) is 0 Å². The summed E-state index contributed by atoms with van der Waals surface area (Å²) in [5, 5.41) is 3.51. The second-order valence-corrected chi connectivity index (χ2v) is 5.54. The minimum absolute atomic E-state index is 0.101. The van der Waals surface area contributed by atoms with Gasteiger partial charge in [0.05, 0.1) is 0 Å². The zero-order chi connectivity index (χ0) is 11.6. The molecule has 0 spiro atoms. The van der Waals surface area contributed by atoms with E-state index < -0.39 is 5.92 Å². The summed E-state index contributed by atoms with van der Waals surface area (Å²) >= 11 is 0. The first kappa shape index (κ1) is 12.3. The minimum Gasteiger partial charge on any atom is -0.314 e. The van der Waals surface area contributed by atoms with Gasteiger partial charge in [-0.05, 0) is 37.6 Å². The largest absolute Gasteiger partial charge is 0.314 e. The van der Waals surface area contributed by atoms with Crippen molar-refractivity contribution in [3.63, 3.8) is 0 Å². The molecule has 2 aliphatic carbocycles. The third kappa shape index (κ3) is 3.41. The molecule has 2 saturated carbocycles. The third-order valence-electron chi connectivity index (χ3n) is 4.08. The number of rotatable bonds is 5. The molecule has 1 nitrogen and oxygen atoms in total. The topological polar surface area (TPSA) is 12.0 Å². The predicted molar refractivity (Wildman–Crippen MR) is 61.7 cm³/mol. The Labute approximate surface area is 97.0 Å². The van der Waals surface area contributed by atoms with Crippen LogP contribution in [0.3, 0.4) is 0 Å². The summed E-state index contributed by atoms with van der Waals surface area (Å²) in [5.41, 5.74) is 0. The van der Waals surface area contributed by atoms with Gasteiger partial charge in [-0.15, -0.1) is 0 Å². The lowest BCUT2D eigenvalue weighted by molar-refractivity contribution is -0.0499. The van der Waals surface area contributed by atoms with Gasteiger partial charge < -0.3 is 5.32 Å². The summed E-state index contributed by atoms with van der Waals surface area (Å²) in [6.07, 6.45) is 5.53. The van der Waals surface area contributed by atoms with Crippen molar-refractivity contribution in [3.8, 4) is 0 Å². The first-order valence-corrected chi connectivity index (χ1v) is 6.72. The second-order valence-electron chi connectivity index (χ2n) is 5.54. The van der Waals surface area contributed by atoms with Crippen LogP contribution in [-0.2, 0) is 0 Å². The van der Waals surface area contributed by atoms with Crippen LogP contribution in [0, 0.1) is 11.8 Å². The molecule has 0 heterocycles. The average Bonchev–Trinajstić information content (AvgIpc) is 3.01. The average molecular weight is 231 g/mol. The van der Waals surface area contributed by atoms with Gasteiger partial charge in [0.25, 0.3) is 0 Å². The lowest BCUT2D eigenvalue weighted by Gasteiger charge is -2.34. The van der Waals surface area contributed by atoms with Gasteiger partial charge >= 0.3 is 0 Å². The molecule has 1 N–H and O–H groups in total. The molecule has 0 aliphatic heterocycles. The van der Waals surface area contributed by atoms with Crippen molar-refractivity contribution in [3.05, 3.63) is 0 Å². The maximum absolute atomic E-state index is 13.1. The van der Waals surface area contributed by atoms with Crippen molar-refractivity contribution in [2.24, 2.45) is 11.8 Å². The van der Waals surface area contributed by atoms with E-state index in [9.17, 15) is 8.78 Å². The highest BCUT2D eigenvalue weighted by Gasteiger charge is 2.38. The Hall–Kier alpha value is -0.180. The van der Waals surface area contributed by atoms with Crippen LogP contribution >= 0.6 is 0 Å². The lowest BCUT2D eigenvalue weighted by atomic mass is 9.80. The van der Waals surface area contributed by atoms with Crippen LogP contribution in [0.2, 0.25) is 0 Å². The van der Waals surface area contributed by atoms with Gasteiger partial charge in [0.1, 0.15) is 0 Å². The zero-order valence-corrected chi connectivity index (χ0v) is 10.1. The molecule has 0 radical (unpaired) electrons. The third-order valence-corrected chi connectivity index (χ3v) is 4.08. The number of hydrogen-bond donors (Lipinski definition) is 1. The van der Waals surface area contributed by atoms with Crippen LogP contribution < -0.4 is 5.32 Å². The van der Waals surface area contributed by atoms with E-state index >= 15 is 0 Å². The van der Waals surface area contributed by atoms with Crippen LogP contribution in [0.15, 0.2) is 0 Å². The lowest BCUT2D eigenvalue weighted by Crippen LogP contribution is -2.40. The zero-order valence-electron chi connectivity index (χ0n) is 10.1. The normalized spacial score (nSPS) is 27.9. The number of nitrogens with one attached hydrogen (secondary N) is 1. The predicted octanol–water partition coefficient (Wildman–Crippen LogP) is 3.59. The van der Waals surface area contributed by atoms with Crippen molar-refractivity contribution >= 4 is 0 Å². The van der Waals surface area contributed by atoms with Gasteiger partial charge in [-0.2, -0.15) is 0 Å². The van der Waals surface area contributed by atoms with Crippen LogP contribution in [0.25, 0.3) is 0 Å². The van der Waals surface area contributed by atoms with E-state index in [0.717, 1.165) is 12.5 Å². The second kappa shape index (κ2) is 4.99. The molecule has 1 unspecified atom stereocenters. The van der Waals surface area contributed by atoms with E-state index in [1.807, 2.05) is 0 Å². The van der Waals surface area contributed by atoms with Crippen molar-refractivity contribution in [2.45, 2.75) is 63.8 Å². The molecule has 0 aromatic heterocycles. The molecule has 0 aromatic carbocycles. The first-order valence-electron chi connectivity index (χ1n) is 6.72. The SMILES string of the molecule is CCNC(CC1CC1)C1CCC(F)(F)CC1. The minimum atomic E-state index is -2.38. The summed E-state index contributed by atoms with van der Waals surface area (Å²) < 4.78 is 26.2. The maximum atomic E-state index is 13.1. The fourth-order valence-electron chi connectivity index (χ4n) is 2.88. The summed E-state index contributed by atoms with van der Waals surface area (Å²) in [5.74, 6) is -1.01. The van der Waals surface area contributed by atoms with Crippen molar-refractivity contribution in [1.82, 2.24) is 5.32 Å². The van der Waals surface area contributed by atoms with Crippen LogP contribution in [0.1, 0.15) is 51.9 Å². The molecule has 0 amide bonds. The molecule has 0 bridgehead atoms. The Morgan fingerprint density at radius 2 is 1.81 bits per heavy atom. The highest BCUT2D eigenvalue weighted by atomic mass is 19.3. The van der Waals surface area contributed by atoms with Crippen molar-refractivity contribution in [2.75, 3.05) is 6.54 Å². The molecule has 16 heavy (non-hydrogen) atoms. The quantitative estimate of drug-likeness (QED) is 0.762. The molecular formula is C13H23F2N. The highest BCUT2D eigenvalue weighted by Crippen LogP contribution is 2.41. The monoisotopic (exact) mass is 231 g/mol. The van der Waals surface area contributed by atoms with Crippen LogP contribution in [0.4, 0.5) is 8.78 Å². The Balaban J connectivity index is 1.82. The number of hydrogen-bond acceptors (Lipinski definition) is 1. The van der Waals surface area contributed by atoms with E-state index in [1.54, 1.807) is 0 Å². The number of alkyl halides is 2. The Morgan fingerprint density at radius 3 is 2.31 bits per heavy atom. The molecule has 3 heteroatoms. The van der Waals surface area contributed by atoms with Gasteiger partial charge in [-0.1, -0.05) is 19.8 Å². The molecule has 2 fully saturated rings. The van der Waals surface area contributed by atoms with Gasteiger partial charge in [0, 0.05) is 18.9 Å². The Kier molecular flexibility index (Phi) is 3.83. The molecule has 2 rings (SSSR count). The van der Waals surface area contributed by atoms with Crippen LogP contribution in [-0.4, -0.2) is 18.5 Å². The molecule has 94 valence electrons. The summed E-state index contributed by atoms with van der Waals surface area (Å²) in [6.45, 7) is 3.07. The van der Waals surface area contributed by atoms with Gasteiger partial charge in [-0.25, -0.2) is 8.78 Å². The Morgan fingerprint density at radius 1 is 1.19 bits per heavy atom. The van der Waals surface area contributed by atoms with Gasteiger partial charge in [0.2, 0.25) is 5.92 Å². The molecule has 0 aromatic rings. The Bertz CT molecular complexity index is 216. The molecular weight excluding hydrogens is 208 g/mol. The molecule has 1 atom stereocenters. The van der Waals surface area contributed by atoms with E-state index in [1.165, 1.54) is 19.3 Å². The standard InChI is InChI=1S/C13H23F2N/c1-2-16-12(9-10-3-4-10)11-5-7-13(14,15)8-6-11/h10-12,16H,2-9H2,1H3. The van der Waals surface area contributed by atoms with Crippen molar-refractivity contribution < 1.29 is 8.78 Å². The smallest absolute Gasteiger partial charge is 0.248 e. The fourth-order valence-corrected chi connectivity index (χ4v) is 2.88. The summed E-state index contributed by atoms with van der Waals surface area (Å²) in [6, 6.07) is 0.494. The first-order chi connectivity index (χ1) is 7.61. The molecule has 0 saturated heterocycles. The van der Waals surface area contributed by atoms with Gasteiger partial charge in [-0.3, -0.25) is 0 Å². The van der Waals surface area contributed by atoms with Crippen LogP contribution in [0.5, 0.6) is 0 Å². The van der Waals surface area contributed by atoms with Crippen molar-refractivity contribution in [1.29, 1.82) is 0 Å². The van der Waals surface area contributed by atoms with E-state index in [-0.39, 0.29) is 12.8 Å². The number of halogens is 2. The maximum Gasteiger partial charge on any atom is 0.248 e. The summed E-state index contributed by atoms with van der Waals surface area (Å²) in [7, 11) is 0. The van der Waals surface area contributed by atoms with E-state index in [2.05, 4.69) is 12.2 Å². The molecule has 2 aliphatic rings. The summed E-state index contributed by atoms with van der Waals surface area (Å²) in [4.78, 5) is 0. The highest BCUT2D eigenvalue weighted by molar-refractivity contribution is 4.88. The van der Waals surface area contributed by atoms with Gasteiger partial charge in [0.15, 0.2) is 0 Å².